The number of H-pyrrole nitrogens is 1. The molecule has 0 fully saturated rings. The minimum Gasteiger partial charge on any atom is -0.410 e. The topological polar surface area (TPSA) is 58.2 Å². The first-order chi connectivity index (χ1) is 11.6. The van der Waals surface area contributed by atoms with Gasteiger partial charge in [0.15, 0.2) is 0 Å². The number of para-hydroxylation sites is 1. The SMILES string of the molecule is CN(C(=O)Oc1ccc(C(S)c2ncc[nH]2)cc1)c1ccccc1. The number of aromatic amines is 1. The number of hydrogen-bond donors (Lipinski definition) is 2. The zero-order chi connectivity index (χ0) is 16.9. The van der Waals surface area contributed by atoms with Gasteiger partial charge in [-0.05, 0) is 29.8 Å². The molecule has 3 rings (SSSR count). The quantitative estimate of drug-likeness (QED) is 0.705. The van der Waals surface area contributed by atoms with Crippen LogP contribution >= 0.6 is 12.6 Å². The molecule has 1 atom stereocenters. The molecule has 0 aliphatic heterocycles. The molecule has 2 aromatic carbocycles. The van der Waals surface area contributed by atoms with Crippen molar-refractivity contribution in [2.75, 3.05) is 11.9 Å². The molecule has 0 aliphatic carbocycles. The van der Waals surface area contributed by atoms with E-state index in [2.05, 4.69) is 22.6 Å². The van der Waals surface area contributed by atoms with Crippen molar-refractivity contribution in [3.05, 3.63) is 78.4 Å². The fourth-order valence-corrected chi connectivity index (χ4v) is 2.54. The Kier molecular flexibility index (Phi) is 4.86. The third-order valence-electron chi connectivity index (χ3n) is 3.60. The average molecular weight is 339 g/mol. The summed E-state index contributed by atoms with van der Waals surface area (Å²) < 4.78 is 5.39. The molecule has 1 aromatic heterocycles. The number of rotatable bonds is 4. The van der Waals surface area contributed by atoms with Crippen LogP contribution in [0.25, 0.3) is 0 Å². The summed E-state index contributed by atoms with van der Waals surface area (Å²) in [6.07, 6.45) is 3.00. The minimum absolute atomic E-state index is 0.156. The van der Waals surface area contributed by atoms with E-state index in [4.69, 9.17) is 4.74 Å². The Hall–Kier alpha value is -2.73. The van der Waals surface area contributed by atoms with Crippen LogP contribution in [-0.2, 0) is 0 Å². The van der Waals surface area contributed by atoms with E-state index < -0.39 is 6.09 Å². The first-order valence-corrected chi connectivity index (χ1v) is 7.94. The number of carbonyl (C=O) groups excluding carboxylic acids is 1. The fourth-order valence-electron chi connectivity index (χ4n) is 2.23. The summed E-state index contributed by atoms with van der Waals surface area (Å²) in [5.74, 6) is 1.25. The number of imidazole rings is 1. The summed E-state index contributed by atoms with van der Waals surface area (Å²) in [6.45, 7) is 0. The van der Waals surface area contributed by atoms with Gasteiger partial charge in [-0.2, -0.15) is 12.6 Å². The van der Waals surface area contributed by atoms with Gasteiger partial charge >= 0.3 is 6.09 Å². The maximum atomic E-state index is 12.2. The van der Waals surface area contributed by atoms with Crippen molar-refractivity contribution in [3.8, 4) is 5.75 Å². The van der Waals surface area contributed by atoms with Crippen molar-refractivity contribution in [2.24, 2.45) is 0 Å². The number of thiol groups is 1. The van der Waals surface area contributed by atoms with E-state index in [1.165, 1.54) is 4.90 Å². The minimum atomic E-state index is -0.442. The number of ether oxygens (including phenoxy) is 1. The van der Waals surface area contributed by atoms with Crippen molar-refractivity contribution in [2.45, 2.75) is 5.25 Å². The van der Waals surface area contributed by atoms with Crippen molar-refractivity contribution in [1.82, 2.24) is 9.97 Å². The van der Waals surface area contributed by atoms with E-state index in [0.717, 1.165) is 17.1 Å². The van der Waals surface area contributed by atoms with E-state index in [1.807, 2.05) is 42.5 Å². The molecule has 122 valence electrons. The van der Waals surface area contributed by atoms with Crippen molar-refractivity contribution in [3.63, 3.8) is 0 Å². The van der Waals surface area contributed by atoms with E-state index in [0.29, 0.717) is 5.75 Å². The lowest BCUT2D eigenvalue weighted by Crippen LogP contribution is -2.29. The van der Waals surface area contributed by atoms with Crippen molar-refractivity contribution < 1.29 is 9.53 Å². The normalized spacial score (nSPS) is 11.8. The van der Waals surface area contributed by atoms with Gasteiger partial charge in [-0.15, -0.1) is 0 Å². The Morgan fingerprint density at radius 1 is 1.17 bits per heavy atom. The highest BCUT2D eigenvalue weighted by Crippen LogP contribution is 2.27. The van der Waals surface area contributed by atoms with Crippen LogP contribution in [0, 0.1) is 0 Å². The average Bonchev–Trinajstić information content (AvgIpc) is 3.16. The molecule has 24 heavy (non-hydrogen) atoms. The van der Waals surface area contributed by atoms with E-state index in [9.17, 15) is 4.79 Å². The Balaban J connectivity index is 1.67. The van der Waals surface area contributed by atoms with Crippen molar-refractivity contribution >= 4 is 24.4 Å². The lowest BCUT2D eigenvalue weighted by molar-refractivity contribution is 0.209. The maximum Gasteiger partial charge on any atom is 0.419 e. The Morgan fingerprint density at radius 2 is 1.88 bits per heavy atom. The van der Waals surface area contributed by atoms with Gasteiger partial charge in [0.05, 0.1) is 5.25 Å². The summed E-state index contributed by atoms with van der Waals surface area (Å²) in [7, 11) is 1.67. The second-order valence-corrected chi connectivity index (χ2v) is 5.72. The van der Waals surface area contributed by atoms with Crippen LogP contribution in [0.1, 0.15) is 16.6 Å². The Bertz CT molecular complexity index is 789. The highest BCUT2D eigenvalue weighted by atomic mass is 32.1. The maximum absolute atomic E-state index is 12.2. The molecule has 1 N–H and O–H groups in total. The predicted molar refractivity (Wildman–Crippen MR) is 96.7 cm³/mol. The summed E-state index contributed by atoms with van der Waals surface area (Å²) in [6, 6.07) is 16.6. The lowest BCUT2D eigenvalue weighted by atomic mass is 10.1. The number of nitrogens with one attached hydrogen (secondary N) is 1. The first kappa shape index (κ1) is 16.1. The number of carbonyl (C=O) groups is 1. The summed E-state index contributed by atoms with van der Waals surface area (Å²) in [4.78, 5) is 20.9. The molecule has 6 heteroatoms. The number of benzene rings is 2. The van der Waals surface area contributed by atoms with E-state index in [1.54, 1.807) is 31.6 Å². The van der Waals surface area contributed by atoms with Crippen LogP contribution in [0.5, 0.6) is 5.75 Å². The molecule has 5 nitrogen and oxygen atoms in total. The highest BCUT2D eigenvalue weighted by Gasteiger charge is 2.15. The zero-order valence-corrected chi connectivity index (χ0v) is 14.0. The molecule has 0 bridgehead atoms. The predicted octanol–water partition coefficient (Wildman–Crippen LogP) is 4.06. The van der Waals surface area contributed by atoms with Gasteiger partial charge in [-0.1, -0.05) is 30.3 Å². The third kappa shape index (κ3) is 3.60. The molecule has 0 aliphatic rings. The van der Waals surface area contributed by atoms with Crippen LogP contribution in [0.4, 0.5) is 10.5 Å². The number of hydrogen-bond acceptors (Lipinski definition) is 4. The molecule has 0 saturated carbocycles. The van der Waals surface area contributed by atoms with Crippen LogP contribution in [0.3, 0.4) is 0 Å². The first-order valence-electron chi connectivity index (χ1n) is 7.43. The lowest BCUT2D eigenvalue weighted by Gasteiger charge is -2.17. The van der Waals surface area contributed by atoms with Crippen LogP contribution in [0.15, 0.2) is 67.0 Å². The second-order valence-electron chi connectivity index (χ2n) is 5.21. The highest BCUT2D eigenvalue weighted by molar-refractivity contribution is 7.80. The zero-order valence-electron chi connectivity index (χ0n) is 13.1. The number of anilines is 1. The molecular formula is C18H17N3O2S. The second kappa shape index (κ2) is 7.23. The molecule has 0 radical (unpaired) electrons. The molecule has 1 heterocycles. The number of amides is 1. The summed E-state index contributed by atoms with van der Waals surface area (Å²) in [5, 5.41) is -0.156. The van der Waals surface area contributed by atoms with Crippen molar-refractivity contribution in [1.29, 1.82) is 0 Å². The van der Waals surface area contributed by atoms with E-state index in [-0.39, 0.29) is 5.25 Å². The molecule has 0 spiro atoms. The summed E-state index contributed by atoms with van der Waals surface area (Å²) in [5.41, 5.74) is 1.73. The van der Waals surface area contributed by atoms with Crippen LogP contribution < -0.4 is 9.64 Å². The molecule has 0 saturated heterocycles. The fraction of sp³-hybridized carbons (Fsp3) is 0.111. The van der Waals surface area contributed by atoms with Gasteiger partial charge in [0.2, 0.25) is 0 Å². The smallest absolute Gasteiger partial charge is 0.410 e. The van der Waals surface area contributed by atoms with Gasteiger partial charge in [0, 0.05) is 25.1 Å². The molecule has 3 aromatic rings. The third-order valence-corrected chi connectivity index (χ3v) is 4.14. The number of nitrogens with zero attached hydrogens (tertiary/aromatic N) is 2. The van der Waals surface area contributed by atoms with Gasteiger partial charge < -0.3 is 9.72 Å². The van der Waals surface area contributed by atoms with Gasteiger partial charge in [-0.25, -0.2) is 9.78 Å². The summed E-state index contributed by atoms with van der Waals surface area (Å²) >= 11 is 4.55. The van der Waals surface area contributed by atoms with Crippen LogP contribution in [0.2, 0.25) is 0 Å². The molecule has 1 unspecified atom stereocenters. The van der Waals surface area contributed by atoms with Crippen LogP contribution in [-0.4, -0.2) is 23.1 Å². The molecular weight excluding hydrogens is 322 g/mol. The van der Waals surface area contributed by atoms with Gasteiger partial charge in [0.1, 0.15) is 11.6 Å². The number of aromatic nitrogens is 2. The molecule has 1 amide bonds. The standard InChI is InChI=1S/C18H17N3O2S/c1-21(14-5-3-2-4-6-14)18(22)23-15-9-7-13(8-10-15)16(24)17-19-11-12-20-17/h2-12,16,24H,1H3,(H,19,20). The Labute approximate surface area is 145 Å². The Morgan fingerprint density at radius 3 is 2.50 bits per heavy atom. The largest absolute Gasteiger partial charge is 0.419 e. The van der Waals surface area contributed by atoms with Gasteiger partial charge in [0.25, 0.3) is 0 Å². The van der Waals surface area contributed by atoms with Gasteiger partial charge in [-0.3, -0.25) is 4.90 Å². The monoisotopic (exact) mass is 339 g/mol. The van der Waals surface area contributed by atoms with E-state index >= 15 is 0 Å².